The smallest absolute Gasteiger partial charge is 0.0645 e. The van der Waals surface area contributed by atoms with Crippen molar-refractivity contribution in [3.05, 3.63) is 212 Å². The molecule has 0 saturated carbocycles. The zero-order valence-corrected chi connectivity index (χ0v) is 28.0. The van der Waals surface area contributed by atoms with Gasteiger partial charge in [0, 0.05) is 16.8 Å². The molecule has 0 aliphatic carbocycles. The van der Waals surface area contributed by atoms with Gasteiger partial charge in [0.2, 0.25) is 0 Å². The van der Waals surface area contributed by atoms with Crippen LogP contribution >= 0.6 is 0 Å². The molecule has 1 heteroatoms. The maximum Gasteiger partial charge on any atom is 0.0645 e. The van der Waals surface area contributed by atoms with Crippen LogP contribution in [-0.2, 0) is 0 Å². The van der Waals surface area contributed by atoms with Gasteiger partial charge in [-0.2, -0.15) is 0 Å². The zero-order chi connectivity index (χ0) is 48.2. The van der Waals surface area contributed by atoms with Gasteiger partial charge in [0.1, 0.15) is 0 Å². The number of fused-ring (bicyclic) bond motifs is 5. The molecule has 0 N–H and O–H groups in total. The number of rotatable bonds is 6. The fourth-order valence-corrected chi connectivity index (χ4v) is 7.00. The Bertz CT molecular complexity index is 3760. The normalized spacial score (nSPS) is 15.4. The Morgan fingerprint density at radius 3 is 1.74 bits per heavy atom. The molecule has 0 aliphatic rings. The second-order valence-electron chi connectivity index (χ2n) is 12.6. The van der Waals surface area contributed by atoms with E-state index in [1.54, 1.807) is 36.4 Å². The van der Waals surface area contributed by atoms with Gasteiger partial charge in [-0.25, -0.2) is 0 Å². The van der Waals surface area contributed by atoms with Crippen molar-refractivity contribution in [2.75, 3.05) is 4.90 Å². The molecule has 0 saturated heterocycles. The largest absolute Gasteiger partial charge is 0.310 e. The van der Waals surface area contributed by atoms with Crippen molar-refractivity contribution in [3.63, 3.8) is 0 Å². The van der Waals surface area contributed by atoms with E-state index in [4.69, 9.17) is 8.22 Å². The lowest BCUT2D eigenvalue weighted by molar-refractivity contribution is 1.30. The maximum atomic E-state index is 9.71. The molecule has 0 spiro atoms. The van der Waals surface area contributed by atoms with E-state index >= 15 is 0 Å². The SMILES string of the molecule is [2H]c1c([2H])c(N(c2c([2H])c([2H])c(-c3cc4ccccc4c4ccccc34)c([2H])c2[2H])c2c([2H])c([2H])c([2H])c3c([2H])c([2H])c([2H])c([2H])c23)c([2H])c([2H])c1-c1cccc(-c2cccc3ccccc23)c1. The van der Waals surface area contributed by atoms with Gasteiger partial charge >= 0.3 is 0 Å². The molecule has 0 atom stereocenters. The van der Waals surface area contributed by atoms with Crippen molar-refractivity contribution >= 4 is 60.2 Å². The van der Waals surface area contributed by atoms with Crippen LogP contribution in [0.3, 0.4) is 0 Å². The molecule has 0 heterocycles. The lowest BCUT2D eigenvalue weighted by atomic mass is 9.93. The second-order valence-corrected chi connectivity index (χ2v) is 12.6. The summed E-state index contributed by atoms with van der Waals surface area (Å²) in [5, 5.41) is 3.94. The first-order chi connectivity index (χ1) is 32.5. The average molecular weight is 689 g/mol. The molecule has 0 aliphatic heterocycles. The number of nitrogens with zero attached hydrogens (tertiary/aromatic N) is 1. The molecule has 10 aromatic carbocycles. The summed E-state index contributed by atoms with van der Waals surface area (Å²) in [5.74, 6) is 0. The predicted octanol–water partition coefficient (Wildman–Crippen LogP) is 14.8. The van der Waals surface area contributed by atoms with Crippen LogP contribution < -0.4 is 4.90 Å². The highest BCUT2D eigenvalue weighted by atomic mass is 15.1. The molecule has 10 rings (SSSR count). The molecule has 1 nitrogen and oxygen atoms in total. The van der Waals surface area contributed by atoms with E-state index in [0.29, 0.717) is 16.5 Å². The fourth-order valence-electron chi connectivity index (χ4n) is 7.00. The fraction of sp³-hybridized carbons (Fsp3) is 0. The standard InChI is InChI=1S/C52H35N/c1-4-19-45-37(12-1)15-10-24-46(45)41-18-9-17-40(34-41)36-26-30-43(31-27-36)53(52-25-11-16-38-13-2-6-21-48(38)52)44-32-28-39(29-33-44)51-35-42-14-3-5-20-47(42)49-22-7-8-23-50(49)51/h1-35H/i2D,6D,11D,13D,16D,21D,25D,26D,27D,28D,29D,30D,31D,32D,33D. The van der Waals surface area contributed by atoms with Crippen LogP contribution in [0.2, 0.25) is 0 Å². The Morgan fingerprint density at radius 2 is 0.925 bits per heavy atom. The first-order valence-electron chi connectivity index (χ1n) is 24.5. The molecule has 0 amide bonds. The third-order valence-electron chi connectivity index (χ3n) is 9.48. The average Bonchev–Trinajstić information content (AvgIpc) is 3.35. The summed E-state index contributed by atoms with van der Waals surface area (Å²) in [5.41, 5.74) is 0.00661. The molecule has 0 aromatic heterocycles. The molecular weight excluding hydrogens is 639 g/mol. The number of hydrogen-bond acceptors (Lipinski definition) is 1. The van der Waals surface area contributed by atoms with Crippen molar-refractivity contribution in [1.82, 2.24) is 0 Å². The molecule has 10 aromatic rings. The van der Waals surface area contributed by atoms with E-state index in [1.807, 2.05) is 84.9 Å². The van der Waals surface area contributed by atoms with Gasteiger partial charge in [-0.3, -0.25) is 0 Å². The van der Waals surface area contributed by atoms with E-state index in [0.717, 1.165) is 43.0 Å². The molecule has 0 fully saturated rings. The highest BCUT2D eigenvalue weighted by Gasteiger charge is 2.17. The third kappa shape index (κ3) is 5.51. The Labute approximate surface area is 330 Å². The summed E-state index contributed by atoms with van der Waals surface area (Å²) in [6.45, 7) is 0. The van der Waals surface area contributed by atoms with Crippen molar-refractivity contribution in [2.24, 2.45) is 0 Å². The van der Waals surface area contributed by atoms with Crippen LogP contribution in [0.5, 0.6) is 0 Å². The molecular formula is C52H35N. The van der Waals surface area contributed by atoms with Crippen LogP contribution in [0.25, 0.3) is 76.5 Å². The summed E-state index contributed by atoms with van der Waals surface area (Å²) in [7, 11) is 0. The molecule has 248 valence electrons. The van der Waals surface area contributed by atoms with Crippen molar-refractivity contribution in [3.8, 4) is 33.4 Å². The van der Waals surface area contributed by atoms with Gasteiger partial charge in [0.05, 0.1) is 26.2 Å². The maximum absolute atomic E-state index is 9.71. The van der Waals surface area contributed by atoms with Crippen LogP contribution in [0, 0.1) is 0 Å². The topological polar surface area (TPSA) is 3.24 Å². The minimum Gasteiger partial charge on any atom is -0.310 e. The van der Waals surface area contributed by atoms with E-state index in [2.05, 4.69) is 0 Å². The Hall–Kier alpha value is -6.96. The van der Waals surface area contributed by atoms with E-state index in [-0.39, 0.29) is 11.1 Å². The van der Waals surface area contributed by atoms with Crippen LogP contribution in [0.15, 0.2) is 212 Å². The lowest BCUT2D eigenvalue weighted by Gasteiger charge is -2.27. The first kappa shape index (κ1) is 19.0. The van der Waals surface area contributed by atoms with Crippen molar-refractivity contribution in [2.45, 2.75) is 0 Å². The van der Waals surface area contributed by atoms with Crippen molar-refractivity contribution in [1.29, 1.82) is 0 Å². The zero-order valence-electron chi connectivity index (χ0n) is 43.0. The summed E-state index contributed by atoms with van der Waals surface area (Å²) in [6, 6.07) is 26.3. The molecule has 0 unspecified atom stereocenters. The van der Waals surface area contributed by atoms with Gasteiger partial charge < -0.3 is 4.90 Å². The Kier molecular flexibility index (Phi) is 4.66. The van der Waals surface area contributed by atoms with E-state index < -0.39 is 118 Å². The minimum absolute atomic E-state index is 0.104. The third-order valence-corrected chi connectivity index (χ3v) is 9.48. The molecule has 0 radical (unpaired) electrons. The summed E-state index contributed by atoms with van der Waals surface area (Å²) in [6.07, 6.45) is 0. The van der Waals surface area contributed by atoms with Gasteiger partial charge in [-0.15, -0.1) is 0 Å². The lowest BCUT2D eigenvalue weighted by Crippen LogP contribution is -2.10. The Balaban J connectivity index is 1.30. The van der Waals surface area contributed by atoms with Gasteiger partial charge in [0.15, 0.2) is 0 Å². The quantitative estimate of drug-likeness (QED) is 0.157. The second kappa shape index (κ2) is 13.0. The van der Waals surface area contributed by atoms with E-state index in [9.17, 15) is 12.3 Å². The number of hydrogen-bond donors (Lipinski definition) is 0. The summed E-state index contributed by atoms with van der Waals surface area (Å²) >= 11 is 0. The summed E-state index contributed by atoms with van der Waals surface area (Å²) in [4.78, 5) is 0.781. The summed E-state index contributed by atoms with van der Waals surface area (Å²) < 4.78 is 139. The Morgan fingerprint density at radius 1 is 0.321 bits per heavy atom. The molecule has 53 heavy (non-hydrogen) atoms. The monoisotopic (exact) mass is 688 g/mol. The number of benzene rings is 10. The van der Waals surface area contributed by atoms with Gasteiger partial charge in [-0.1, -0.05) is 170 Å². The molecule has 0 bridgehead atoms. The van der Waals surface area contributed by atoms with Crippen LogP contribution in [0.4, 0.5) is 17.1 Å². The first-order valence-corrected chi connectivity index (χ1v) is 17.0. The minimum atomic E-state index is -0.863. The van der Waals surface area contributed by atoms with Crippen LogP contribution in [0.1, 0.15) is 20.6 Å². The highest BCUT2D eigenvalue weighted by Crippen LogP contribution is 2.42. The van der Waals surface area contributed by atoms with Gasteiger partial charge in [0.25, 0.3) is 0 Å². The predicted molar refractivity (Wildman–Crippen MR) is 227 cm³/mol. The van der Waals surface area contributed by atoms with E-state index in [1.165, 1.54) is 0 Å². The highest BCUT2D eigenvalue weighted by molar-refractivity contribution is 6.14. The number of anilines is 3. The van der Waals surface area contributed by atoms with Crippen molar-refractivity contribution < 1.29 is 20.6 Å². The van der Waals surface area contributed by atoms with Crippen LogP contribution in [-0.4, -0.2) is 0 Å². The van der Waals surface area contributed by atoms with Gasteiger partial charge in [-0.05, 0) is 113 Å².